The number of aromatic nitrogens is 3. The number of aliphatic imine (C=N–C) groups is 1. The summed E-state index contributed by atoms with van der Waals surface area (Å²) in [6, 6.07) is 6.19. The molecule has 2 aromatic rings. The highest BCUT2D eigenvalue weighted by molar-refractivity contribution is 14.0. The van der Waals surface area contributed by atoms with Crippen molar-refractivity contribution in [2.75, 3.05) is 0 Å². The maximum atomic E-state index is 6.13. The fraction of sp³-hybridized carbons (Fsp3) is 0.471. The van der Waals surface area contributed by atoms with Crippen LogP contribution in [0.4, 0.5) is 0 Å². The van der Waals surface area contributed by atoms with E-state index < -0.39 is 0 Å². The second kappa shape index (κ2) is 9.23. The standard InChI is InChI=1S/C17H22Cl2N6.HI/c1-10(12-4-7-14(18)15(19)8-12)21-17(22-13-5-6-13)20-9-16-24-23-11(2)25(16)3;/h4,7-8,10,13H,5-6,9H2,1-3H3,(H2,20,21,22);1H. The SMILES string of the molecule is Cc1nnc(CN=C(NC2CC2)NC(C)c2ccc(Cl)c(Cl)c2)n1C.I. The van der Waals surface area contributed by atoms with E-state index in [1.165, 1.54) is 12.8 Å². The molecule has 26 heavy (non-hydrogen) atoms. The molecule has 1 aliphatic rings. The number of halogens is 3. The second-order valence-corrected chi connectivity index (χ2v) is 7.16. The first-order chi connectivity index (χ1) is 11.9. The van der Waals surface area contributed by atoms with E-state index >= 15 is 0 Å². The number of guanidine groups is 1. The highest BCUT2D eigenvalue weighted by Crippen LogP contribution is 2.25. The van der Waals surface area contributed by atoms with Gasteiger partial charge in [-0.25, -0.2) is 4.99 Å². The second-order valence-electron chi connectivity index (χ2n) is 6.35. The number of nitrogens with one attached hydrogen (secondary N) is 2. The van der Waals surface area contributed by atoms with Crippen molar-refractivity contribution in [1.82, 2.24) is 25.4 Å². The zero-order valence-electron chi connectivity index (χ0n) is 15.0. The van der Waals surface area contributed by atoms with E-state index in [1.54, 1.807) is 0 Å². The zero-order valence-corrected chi connectivity index (χ0v) is 18.8. The molecule has 0 aliphatic heterocycles. The Hall–Kier alpha value is -1.06. The molecule has 1 fully saturated rings. The van der Waals surface area contributed by atoms with E-state index in [4.69, 9.17) is 23.2 Å². The number of rotatable bonds is 5. The molecule has 0 saturated heterocycles. The first kappa shape index (κ1) is 21.2. The smallest absolute Gasteiger partial charge is 0.192 e. The zero-order chi connectivity index (χ0) is 18.0. The van der Waals surface area contributed by atoms with Gasteiger partial charge < -0.3 is 15.2 Å². The summed E-state index contributed by atoms with van der Waals surface area (Å²) < 4.78 is 1.95. The minimum absolute atomic E-state index is 0. The monoisotopic (exact) mass is 508 g/mol. The van der Waals surface area contributed by atoms with Crippen molar-refractivity contribution in [3.05, 3.63) is 45.5 Å². The van der Waals surface area contributed by atoms with Crippen LogP contribution in [-0.2, 0) is 13.6 Å². The lowest BCUT2D eigenvalue weighted by Gasteiger charge is -2.19. The summed E-state index contributed by atoms with van der Waals surface area (Å²) >= 11 is 12.1. The maximum absolute atomic E-state index is 6.13. The van der Waals surface area contributed by atoms with Crippen LogP contribution in [0.1, 0.15) is 43.0 Å². The lowest BCUT2D eigenvalue weighted by Crippen LogP contribution is -2.40. The average molecular weight is 509 g/mol. The Morgan fingerprint density at radius 3 is 2.62 bits per heavy atom. The number of nitrogens with zero attached hydrogens (tertiary/aromatic N) is 4. The molecule has 0 radical (unpaired) electrons. The summed E-state index contributed by atoms with van der Waals surface area (Å²) in [6.45, 7) is 4.46. The fourth-order valence-corrected chi connectivity index (χ4v) is 2.67. The molecule has 1 aliphatic carbocycles. The normalized spacial score (nSPS) is 15.3. The van der Waals surface area contributed by atoms with Gasteiger partial charge in [-0.3, -0.25) is 0 Å². The summed E-state index contributed by atoms with van der Waals surface area (Å²) in [6.07, 6.45) is 2.34. The van der Waals surface area contributed by atoms with Crippen LogP contribution in [0.2, 0.25) is 10.0 Å². The predicted molar refractivity (Wildman–Crippen MR) is 116 cm³/mol. The van der Waals surface area contributed by atoms with Gasteiger partial charge in [-0.1, -0.05) is 29.3 Å². The molecule has 142 valence electrons. The van der Waals surface area contributed by atoms with Crippen molar-refractivity contribution >= 4 is 53.1 Å². The first-order valence-electron chi connectivity index (χ1n) is 8.31. The molecule has 1 saturated carbocycles. The molecule has 1 aromatic carbocycles. The molecular weight excluding hydrogens is 486 g/mol. The van der Waals surface area contributed by atoms with E-state index in [9.17, 15) is 0 Å². The van der Waals surface area contributed by atoms with Crippen LogP contribution in [0.3, 0.4) is 0 Å². The van der Waals surface area contributed by atoms with Gasteiger partial charge in [-0.05, 0) is 44.4 Å². The summed E-state index contributed by atoms with van der Waals surface area (Å²) in [5, 5.41) is 16.2. The third-order valence-corrected chi connectivity index (χ3v) is 5.02. The molecular formula is C17H23Cl2IN6. The van der Waals surface area contributed by atoms with E-state index in [2.05, 4.69) is 32.7 Å². The highest BCUT2D eigenvalue weighted by Gasteiger charge is 2.23. The first-order valence-corrected chi connectivity index (χ1v) is 9.07. The van der Waals surface area contributed by atoms with Crippen LogP contribution in [0.15, 0.2) is 23.2 Å². The largest absolute Gasteiger partial charge is 0.354 e. The molecule has 0 bridgehead atoms. The molecule has 0 spiro atoms. The van der Waals surface area contributed by atoms with E-state index in [1.807, 2.05) is 36.7 Å². The van der Waals surface area contributed by atoms with Crippen LogP contribution in [0, 0.1) is 6.92 Å². The summed E-state index contributed by atoms with van der Waals surface area (Å²) in [4.78, 5) is 4.67. The summed E-state index contributed by atoms with van der Waals surface area (Å²) in [5.74, 6) is 2.47. The molecule has 1 unspecified atom stereocenters. The van der Waals surface area contributed by atoms with Crippen LogP contribution >= 0.6 is 47.2 Å². The Balaban J connectivity index is 0.00000243. The molecule has 1 aromatic heterocycles. The van der Waals surface area contributed by atoms with Crippen molar-refractivity contribution < 1.29 is 0 Å². The average Bonchev–Trinajstić information content (AvgIpc) is 3.34. The lowest BCUT2D eigenvalue weighted by molar-refractivity contribution is 0.675. The van der Waals surface area contributed by atoms with Crippen LogP contribution in [0.25, 0.3) is 0 Å². The molecule has 0 amide bonds. The number of benzene rings is 1. The van der Waals surface area contributed by atoms with Crippen molar-refractivity contribution in [2.45, 2.75) is 45.3 Å². The molecule has 6 nitrogen and oxygen atoms in total. The third kappa shape index (κ3) is 5.47. The van der Waals surface area contributed by atoms with E-state index in [0.717, 1.165) is 23.2 Å². The van der Waals surface area contributed by atoms with Gasteiger partial charge in [0.15, 0.2) is 11.8 Å². The number of hydrogen-bond donors (Lipinski definition) is 2. The van der Waals surface area contributed by atoms with Gasteiger partial charge >= 0.3 is 0 Å². The number of hydrogen-bond acceptors (Lipinski definition) is 3. The van der Waals surface area contributed by atoms with E-state index in [-0.39, 0.29) is 30.0 Å². The van der Waals surface area contributed by atoms with E-state index in [0.29, 0.717) is 22.6 Å². The predicted octanol–water partition coefficient (Wildman–Crippen LogP) is 4.01. The molecule has 1 atom stereocenters. The van der Waals surface area contributed by atoms with Crippen molar-refractivity contribution in [3.8, 4) is 0 Å². The highest BCUT2D eigenvalue weighted by atomic mass is 127. The third-order valence-electron chi connectivity index (χ3n) is 4.28. The topological polar surface area (TPSA) is 67.1 Å². The van der Waals surface area contributed by atoms with Gasteiger partial charge in [-0.15, -0.1) is 34.2 Å². The lowest BCUT2D eigenvalue weighted by atomic mass is 10.1. The van der Waals surface area contributed by atoms with Gasteiger partial charge in [-0.2, -0.15) is 0 Å². The molecule has 3 rings (SSSR count). The summed E-state index contributed by atoms with van der Waals surface area (Å²) in [5.41, 5.74) is 1.05. The van der Waals surface area contributed by atoms with Crippen LogP contribution in [-0.4, -0.2) is 26.8 Å². The minimum Gasteiger partial charge on any atom is -0.354 e. The quantitative estimate of drug-likeness (QED) is 0.364. The Labute approximate surface area is 180 Å². The van der Waals surface area contributed by atoms with Gasteiger partial charge in [0.25, 0.3) is 0 Å². The Morgan fingerprint density at radius 2 is 2.04 bits per heavy atom. The fourth-order valence-electron chi connectivity index (χ4n) is 2.36. The Kier molecular flexibility index (Phi) is 7.54. The molecule has 9 heteroatoms. The van der Waals surface area contributed by atoms with Crippen LogP contribution < -0.4 is 10.6 Å². The number of aryl methyl sites for hydroxylation is 1. The van der Waals surface area contributed by atoms with Crippen molar-refractivity contribution in [2.24, 2.45) is 12.0 Å². The van der Waals surface area contributed by atoms with Crippen molar-refractivity contribution in [3.63, 3.8) is 0 Å². The summed E-state index contributed by atoms with van der Waals surface area (Å²) in [7, 11) is 1.94. The Bertz CT molecular complexity index is 788. The molecule has 1 heterocycles. The molecule has 2 N–H and O–H groups in total. The van der Waals surface area contributed by atoms with Gasteiger partial charge in [0.05, 0.1) is 16.1 Å². The minimum atomic E-state index is 0. The maximum Gasteiger partial charge on any atom is 0.192 e. The van der Waals surface area contributed by atoms with Gasteiger partial charge in [0.1, 0.15) is 12.4 Å². The Morgan fingerprint density at radius 1 is 1.31 bits per heavy atom. The van der Waals surface area contributed by atoms with Gasteiger partial charge in [0.2, 0.25) is 0 Å². The van der Waals surface area contributed by atoms with Crippen LogP contribution in [0.5, 0.6) is 0 Å². The van der Waals surface area contributed by atoms with Gasteiger partial charge in [0, 0.05) is 13.1 Å². The van der Waals surface area contributed by atoms with Crippen molar-refractivity contribution in [1.29, 1.82) is 0 Å².